The molecular weight excluding hydrogens is 240 g/mol. The lowest BCUT2D eigenvalue weighted by Crippen LogP contribution is -2.00. The van der Waals surface area contributed by atoms with Crippen LogP contribution in [-0.2, 0) is 19.3 Å². The molecule has 0 saturated heterocycles. The fraction of sp³-hybridized carbons (Fsp3) is 0.400. The Morgan fingerprint density at radius 1 is 0.850 bits per heavy atom. The zero-order valence-electron chi connectivity index (χ0n) is 12.5. The fourth-order valence-electron chi connectivity index (χ4n) is 3.50. The van der Waals surface area contributed by atoms with Gasteiger partial charge in [-0.2, -0.15) is 0 Å². The van der Waals surface area contributed by atoms with E-state index in [1.807, 2.05) is 0 Å². The second-order valence-corrected chi connectivity index (χ2v) is 5.91. The maximum absolute atomic E-state index is 2.40. The van der Waals surface area contributed by atoms with Crippen LogP contribution in [0.3, 0.4) is 0 Å². The Morgan fingerprint density at radius 2 is 1.65 bits per heavy atom. The summed E-state index contributed by atoms with van der Waals surface area (Å²) in [7, 11) is 0. The first-order valence-electron chi connectivity index (χ1n) is 8.09. The van der Waals surface area contributed by atoms with E-state index in [9.17, 15) is 0 Å². The van der Waals surface area contributed by atoms with Gasteiger partial charge in [0.05, 0.1) is 0 Å². The number of hydrogen-bond donors (Lipinski definition) is 0. The Bertz CT molecular complexity index is 566. The molecule has 2 aromatic rings. The molecular formula is C20H24. The van der Waals surface area contributed by atoms with E-state index < -0.39 is 0 Å². The van der Waals surface area contributed by atoms with Crippen LogP contribution in [-0.4, -0.2) is 0 Å². The molecule has 0 aromatic heterocycles. The Morgan fingerprint density at radius 3 is 2.45 bits per heavy atom. The maximum Gasteiger partial charge on any atom is -0.0117 e. The van der Waals surface area contributed by atoms with E-state index in [0.29, 0.717) is 0 Å². The summed E-state index contributed by atoms with van der Waals surface area (Å²) in [6.45, 7) is 2.28. The predicted molar refractivity (Wildman–Crippen MR) is 87.1 cm³/mol. The average Bonchev–Trinajstić information content (AvgIpc) is 2.73. The molecule has 0 radical (unpaired) electrons. The van der Waals surface area contributed by atoms with E-state index in [1.54, 1.807) is 22.3 Å². The van der Waals surface area contributed by atoms with Gasteiger partial charge in [-0.25, -0.2) is 0 Å². The summed E-state index contributed by atoms with van der Waals surface area (Å²) in [5.41, 5.74) is 7.74. The van der Waals surface area contributed by atoms with E-state index in [4.69, 9.17) is 0 Å². The first-order chi connectivity index (χ1) is 9.90. The van der Waals surface area contributed by atoms with Crippen LogP contribution in [0.1, 0.15) is 49.3 Å². The molecule has 0 spiro atoms. The number of hydrogen-bond acceptors (Lipinski definition) is 0. The normalized spacial score (nSPS) is 14.7. The minimum absolute atomic E-state index is 1.19. The third kappa shape index (κ3) is 2.65. The van der Waals surface area contributed by atoms with Crippen molar-refractivity contribution in [2.75, 3.05) is 0 Å². The Balaban J connectivity index is 2.17. The van der Waals surface area contributed by atoms with E-state index >= 15 is 0 Å². The summed E-state index contributed by atoms with van der Waals surface area (Å²) in [5, 5.41) is 0. The maximum atomic E-state index is 2.40. The Labute approximate surface area is 122 Å². The smallest absolute Gasteiger partial charge is 0.0117 e. The van der Waals surface area contributed by atoms with Gasteiger partial charge in [0.15, 0.2) is 0 Å². The van der Waals surface area contributed by atoms with E-state index in [2.05, 4.69) is 49.4 Å². The van der Waals surface area contributed by atoms with Crippen molar-refractivity contribution in [3.63, 3.8) is 0 Å². The number of aryl methyl sites for hydroxylation is 2. The second-order valence-electron chi connectivity index (χ2n) is 5.91. The highest BCUT2D eigenvalue weighted by atomic mass is 14.2. The van der Waals surface area contributed by atoms with Crippen LogP contribution in [0, 0.1) is 0 Å². The molecule has 0 aliphatic heterocycles. The van der Waals surface area contributed by atoms with Crippen LogP contribution in [0.4, 0.5) is 0 Å². The van der Waals surface area contributed by atoms with Gasteiger partial charge in [-0.05, 0) is 59.9 Å². The van der Waals surface area contributed by atoms with E-state index in [0.717, 1.165) is 0 Å². The number of rotatable bonds is 3. The topological polar surface area (TPSA) is 0 Å². The standard InChI is InChI=1S/C20H24/c1-2-9-17-15-14-16-10-5-4-8-13-19(16)20(17)18-11-6-3-7-12-18/h3,6-7,11-12,14-15H,2,4-5,8-10,13H2,1H3. The molecule has 1 aliphatic rings. The van der Waals surface area contributed by atoms with Crippen molar-refractivity contribution in [2.24, 2.45) is 0 Å². The molecule has 104 valence electrons. The largest absolute Gasteiger partial charge is 0.0651 e. The summed E-state index contributed by atoms with van der Waals surface area (Å²) in [6, 6.07) is 15.8. The lowest BCUT2D eigenvalue weighted by Gasteiger charge is -2.18. The van der Waals surface area contributed by atoms with Gasteiger partial charge in [0, 0.05) is 0 Å². The second kappa shape index (κ2) is 6.26. The summed E-state index contributed by atoms with van der Waals surface area (Å²) in [4.78, 5) is 0. The Kier molecular flexibility index (Phi) is 4.20. The van der Waals surface area contributed by atoms with Crippen LogP contribution in [0.15, 0.2) is 42.5 Å². The lowest BCUT2D eigenvalue weighted by molar-refractivity contribution is 0.712. The van der Waals surface area contributed by atoms with Crippen LogP contribution >= 0.6 is 0 Å². The van der Waals surface area contributed by atoms with Crippen molar-refractivity contribution in [2.45, 2.75) is 51.9 Å². The van der Waals surface area contributed by atoms with Crippen LogP contribution in [0.5, 0.6) is 0 Å². The quantitative estimate of drug-likeness (QED) is 0.635. The molecule has 0 unspecified atom stereocenters. The molecule has 0 fully saturated rings. The highest BCUT2D eigenvalue weighted by Crippen LogP contribution is 2.34. The van der Waals surface area contributed by atoms with E-state index in [1.165, 1.54) is 50.5 Å². The van der Waals surface area contributed by atoms with Gasteiger partial charge in [0.2, 0.25) is 0 Å². The van der Waals surface area contributed by atoms with Crippen molar-refractivity contribution in [3.8, 4) is 11.1 Å². The van der Waals surface area contributed by atoms with Gasteiger partial charge >= 0.3 is 0 Å². The average molecular weight is 264 g/mol. The molecule has 0 atom stereocenters. The van der Waals surface area contributed by atoms with Gasteiger partial charge in [0.1, 0.15) is 0 Å². The molecule has 2 aromatic carbocycles. The number of fused-ring (bicyclic) bond motifs is 1. The van der Waals surface area contributed by atoms with Crippen molar-refractivity contribution in [3.05, 3.63) is 59.2 Å². The summed E-state index contributed by atoms with van der Waals surface area (Å²) < 4.78 is 0. The van der Waals surface area contributed by atoms with Crippen molar-refractivity contribution in [1.29, 1.82) is 0 Å². The van der Waals surface area contributed by atoms with Gasteiger partial charge in [0.25, 0.3) is 0 Å². The molecule has 0 saturated carbocycles. The molecule has 20 heavy (non-hydrogen) atoms. The van der Waals surface area contributed by atoms with Gasteiger partial charge in [-0.1, -0.05) is 62.2 Å². The predicted octanol–water partition coefficient (Wildman–Crippen LogP) is 5.58. The molecule has 1 aliphatic carbocycles. The molecule has 0 bridgehead atoms. The molecule has 3 rings (SSSR count). The molecule has 0 N–H and O–H groups in total. The van der Waals surface area contributed by atoms with Crippen molar-refractivity contribution < 1.29 is 0 Å². The first kappa shape index (κ1) is 13.4. The van der Waals surface area contributed by atoms with Crippen molar-refractivity contribution in [1.82, 2.24) is 0 Å². The third-order valence-corrected chi connectivity index (χ3v) is 4.45. The minimum atomic E-state index is 1.19. The van der Waals surface area contributed by atoms with Crippen LogP contribution in [0.25, 0.3) is 11.1 Å². The highest BCUT2D eigenvalue weighted by molar-refractivity contribution is 5.72. The zero-order valence-corrected chi connectivity index (χ0v) is 12.5. The highest BCUT2D eigenvalue weighted by Gasteiger charge is 2.16. The van der Waals surface area contributed by atoms with E-state index in [-0.39, 0.29) is 0 Å². The van der Waals surface area contributed by atoms with Crippen molar-refractivity contribution >= 4 is 0 Å². The van der Waals surface area contributed by atoms with Crippen LogP contribution in [0.2, 0.25) is 0 Å². The Hall–Kier alpha value is -1.56. The van der Waals surface area contributed by atoms with Gasteiger partial charge in [-0.3, -0.25) is 0 Å². The minimum Gasteiger partial charge on any atom is -0.0651 e. The molecule has 0 heteroatoms. The van der Waals surface area contributed by atoms with Gasteiger partial charge in [-0.15, -0.1) is 0 Å². The summed E-state index contributed by atoms with van der Waals surface area (Å²) in [5.74, 6) is 0. The van der Waals surface area contributed by atoms with Crippen LogP contribution < -0.4 is 0 Å². The third-order valence-electron chi connectivity index (χ3n) is 4.45. The van der Waals surface area contributed by atoms with Gasteiger partial charge < -0.3 is 0 Å². The monoisotopic (exact) mass is 264 g/mol. The first-order valence-corrected chi connectivity index (χ1v) is 8.09. The summed E-state index contributed by atoms with van der Waals surface area (Å²) in [6.07, 6.45) is 9.03. The zero-order chi connectivity index (χ0) is 13.8. The molecule has 0 amide bonds. The molecule has 0 nitrogen and oxygen atoms in total. The SMILES string of the molecule is CCCc1ccc2c(c1-c1ccccc1)CCCCC2. The summed E-state index contributed by atoms with van der Waals surface area (Å²) >= 11 is 0. The molecule has 0 heterocycles. The number of benzene rings is 2. The fourth-order valence-corrected chi connectivity index (χ4v) is 3.50. The lowest BCUT2D eigenvalue weighted by atomic mass is 9.87.